The van der Waals surface area contributed by atoms with Crippen molar-refractivity contribution in [2.24, 2.45) is 0 Å². The molecule has 0 radical (unpaired) electrons. The Labute approximate surface area is 129 Å². The Hall–Kier alpha value is -2.06. The zero-order valence-corrected chi connectivity index (χ0v) is 12.5. The molecule has 0 amide bonds. The molecule has 1 atom stereocenters. The fourth-order valence-corrected chi connectivity index (χ4v) is 2.61. The van der Waals surface area contributed by atoms with Crippen molar-refractivity contribution in [3.63, 3.8) is 0 Å². The van der Waals surface area contributed by atoms with Gasteiger partial charge in [0, 0.05) is 10.6 Å². The smallest absolute Gasteiger partial charge is 0.247 e. The van der Waals surface area contributed by atoms with Crippen LogP contribution in [0.5, 0.6) is 0 Å². The average Bonchev–Trinajstić information content (AvgIpc) is 3.08. The summed E-state index contributed by atoms with van der Waals surface area (Å²) in [6.07, 6.45) is 0. The van der Waals surface area contributed by atoms with Crippen LogP contribution in [-0.2, 0) is 0 Å². The average molecular weight is 323 g/mol. The number of thioether (sulfide) groups is 1. The van der Waals surface area contributed by atoms with Gasteiger partial charge in [-0.2, -0.15) is 4.98 Å². The third-order valence-corrected chi connectivity index (χ3v) is 3.81. The SMILES string of the molecule is C[C@H](Sc1n[nH]c(N)n1)c1nnc(-c2cccc(Cl)c2)o1. The second kappa shape index (κ2) is 5.74. The van der Waals surface area contributed by atoms with Gasteiger partial charge in [0.15, 0.2) is 0 Å². The molecule has 0 aliphatic heterocycles. The van der Waals surface area contributed by atoms with Gasteiger partial charge < -0.3 is 10.2 Å². The Balaban J connectivity index is 1.78. The van der Waals surface area contributed by atoms with Crippen LogP contribution in [0.2, 0.25) is 5.02 Å². The number of halogens is 1. The number of nitrogens with one attached hydrogen (secondary N) is 1. The van der Waals surface area contributed by atoms with E-state index in [4.69, 9.17) is 21.8 Å². The number of hydrogen-bond acceptors (Lipinski definition) is 7. The second-order valence-corrected chi connectivity index (χ2v) is 5.96. The van der Waals surface area contributed by atoms with Crippen molar-refractivity contribution in [2.45, 2.75) is 17.3 Å². The first-order valence-electron chi connectivity index (χ1n) is 6.05. The molecule has 0 saturated carbocycles. The van der Waals surface area contributed by atoms with Gasteiger partial charge in [-0.3, -0.25) is 0 Å². The quantitative estimate of drug-likeness (QED) is 0.711. The molecule has 1 aromatic carbocycles. The fourth-order valence-electron chi connectivity index (χ4n) is 1.66. The van der Waals surface area contributed by atoms with E-state index in [-0.39, 0.29) is 11.2 Å². The van der Waals surface area contributed by atoms with Crippen molar-refractivity contribution in [3.8, 4) is 11.5 Å². The van der Waals surface area contributed by atoms with Gasteiger partial charge in [-0.05, 0) is 25.1 Å². The highest BCUT2D eigenvalue weighted by atomic mass is 35.5. The lowest BCUT2D eigenvalue weighted by Crippen LogP contribution is -1.90. The molecule has 3 N–H and O–H groups in total. The molecule has 0 bridgehead atoms. The third kappa shape index (κ3) is 3.17. The number of nitrogens with zero attached hydrogens (tertiary/aromatic N) is 4. The number of nitrogen functional groups attached to an aromatic ring is 1. The summed E-state index contributed by atoms with van der Waals surface area (Å²) in [4.78, 5) is 4.02. The van der Waals surface area contributed by atoms with Crippen LogP contribution in [0.3, 0.4) is 0 Å². The molecule has 7 nitrogen and oxygen atoms in total. The molecular formula is C12H11ClN6OS. The molecule has 0 fully saturated rings. The standard InChI is InChI=1S/C12H11ClN6OS/c1-6(21-12-15-11(14)18-19-12)9-16-17-10(20-9)7-3-2-4-8(13)5-7/h2-6H,1H3,(H3,14,15,18,19)/t6-/m0/s1. The molecular weight excluding hydrogens is 312 g/mol. The Kier molecular flexibility index (Phi) is 3.80. The van der Waals surface area contributed by atoms with Gasteiger partial charge in [0.1, 0.15) is 0 Å². The molecule has 0 saturated heterocycles. The zero-order chi connectivity index (χ0) is 14.8. The van der Waals surface area contributed by atoms with E-state index >= 15 is 0 Å². The third-order valence-electron chi connectivity index (χ3n) is 2.62. The maximum Gasteiger partial charge on any atom is 0.247 e. The predicted molar refractivity (Wildman–Crippen MR) is 79.8 cm³/mol. The highest BCUT2D eigenvalue weighted by Gasteiger charge is 2.18. The number of aromatic nitrogens is 5. The Morgan fingerprint density at radius 2 is 2.24 bits per heavy atom. The summed E-state index contributed by atoms with van der Waals surface area (Å²) < 4.78 is 5.67. The molecule has 0 spiro atoms. The van der Waals surface area contributed by atoms with E-state index < -0.39 is 0 Å². The molecule has 21 heavy (non-hydrogen) atoms. The van der Waals surface area contributed by atoms with Gasteiger partial charge in [0.2, 0.25) is 22.9 Å². The lowest BCUT2D eigenvalue weighted by atomic mass is 10.2. The Morgan fingerprint density at radius 3 is 2.95 bits per heavy atom. The van der Waals surface area contributed by atoms with Crippen molar-refractivity contribution in [1.82, 2.24) is 25.4 Å². The summed E-state index contributed by atoms with van der Waals surface area (Å²) in [5.41, 5.74) is 6.26. The van der Waals surface area contributed by atoms with Crippen LogP contribution in [0.1, 0.15) is 18.1 Å². The number of anilines is 1. The molecule has 2 aromatic heterocycles. The van der Waals surface area contributed by atoms with Crippen molar-refractivity contribution in [2.75, 3.05) is 5.73 Å². The summed E-state index contributed by atoms with van der Waals surface area (Å²) in [7, 11) is 0. The summed E-state index contributed by atoms with van der Waals surface area (Å²) >= 11 is 7.32. The predicted octanol–water partition coefficient (Wildman–Crippen LogP) is 2.94. The maximum atomic E-state index is 5.95. The van der Waals surface area contributed by atoms with Crippen molar-refractivity contribution < 1.29 is 4.42 Å². The number of hydrogen-bond donors (Lipinski definition) is 2. The zero-order valence-electron chi connectivity index (χ0n) is 10.9. The van der Waals surface area contributed by atoms with E-state index in [1.54, 1.807) is 12.1 Å². The van der Waals surface area contributed by atoms with Crippen LogP contribution in [-0.4, -0.2) is 25.4 Å². The van der Waals surface area contributed by atoms with E-state index in [9.17, 15) is 0 Å². The molecule has 0 aliphatic rings. The summed E-state index contributed by atoms with van der Waals surface area (Å²) in [6, 6.07) is 7.24. The summed E-state index contributed by atoms with van der Waals surface area (Å²) in [5.74, 6) is 1.18. The van der Waals surface area contributed by atoms with Crippen LogP contribution >= 0.6 is 23.4 Å². The lowest BCUT2D eigenvalue weighted by molar-refractivity contribution is 0.509. The van der Waals surface area contributed by atoms with Crippen LogP contribution in [0, 0.1) is 0 Å². The van der Waals surface area contributed by atoms with E-state index in [1.165, 1.54) is 11.8 Å². The lowest BCUT2D eigenvalue weighted by Gasteiger charge is -2.01. The normalized spacial score (nSPS) is 12.5. The maximum absolute atomic E-state index is 5.95. The monoisotopic (exact) mass is 322 g/mol. The van der Waals surface area contributed by atoms with Gasteiger partial charge >= 0.3 is 0 Å². The number of rotatable bonds is 4. The van der Waals surface area contributed by atoms with Gasteiger partial charge in [-0.1, -0.05) is 29.4 Å². The Bertz CT molecular complexity index is 758. The molecule has 2 heterocycles. The molecule has 9 heteroatoms. The summed E-state index contributed by atoms with van der Waals surface area (Å²) in [5, 5.41) is 15.7. The van der Waals surface area contributed by atoms with Crippen molar-refractivity contribution >= 4 is 29.3 Å². The highest BCUT2D eigenvalue weighted by Crippen LogP contribution is 2.33. The molecule has 3 rings (SSSR count). The minimum atomic E-state index is -0.0966. The molecule has 3 aromatic rings. The first-order chi connectivity index (χ1) is 10.1. The van der Waals surface area contributed by atoms with E-state index in [0.29, 0.717) is 22.0 Å². The van der Waals surface area contributed by atoms with Crippen LogP contribution < -0.4 is 5.73 Å². The van der Waals surface area contributed by atoms with Crippen LogP contribution in [0.4, 0.5) is 5.95 Å². The number of aromatic amines is 1. The van der Waals surface area contributed by atoms with E-state index in [0.717, 1.165) is 5.56 Å². The molecule has 0 unspecified atom stereocenters. The number of benzene rings is 1. The topological polar surface area (TPSA) is 107 Å². The van der Waals surface area contributed by atoms with Crippen molar-refractivity contribution in [1.29, 1.82) is 0 Å². The van der Waals surface area contributed by atoms with E-state index in [1.807, 2.05) is 19.1 Å². The number of nitrogens with two attached hydrogens (primary N) is 1. The second-order valence-electron chi connectivity index (χ2n) is 4.22. The van der Waals surface area contributed by atoms with Gasteiger partial charge in [0.05, 0.1) is 5.25 Å². The highest BCUT2D eigenvalue weighted by molar-refractivity contribution is 7.99. The van der Waals surface area contributed by atoms with Crippen molar-refractivity contribution in [3.05, 3.63) is 35.2 Å². The molecule has 0 aliphatic carbocycles. The minimum absolute atomic E-state index is 0.0966. The first kappa shape index (κ1) is 13.9. The molecule has 108 valence electrons. The fraction of sp³-hybridized carbons (Fsp3) is 0.167. The first-order valence-corrected chi connectivity index (χ1v) is 7.31. The van der Waals surface area contributed by atoms with Crippen LogP contribution in [0.25, 0.3) is 11.5 Å². The van der Waals surface area contributed by atoms with Crippen LogP contribution in [0.15, 0.2) is 33.8 Å². The number of H-pyrrole nitrogens is 1. The largest absolute Gasteiger partial charge is 0.419 e. The van der Waals surface area contributed by atoms with Gasteiger partial charge in [-0.25, -0.2) is 5.10 Å². The Morgan fingerprint density at radius 1 is 1.38 bits per heavy atom. The van der Waals surface area contributed by atoms with Gasteiger partial charge in [0.25, 0.3) is 0 Å². The minimum Gasteiger partial charge on any atom is -0.419 e. The summed E-state index contributed by atoms with van der Waals surface area (Å²) in [6.45, 7) is 1.92. The van der Waals surface area contributed by atoms with Gasteiger partial charge in [-0.15, -0.1) is 15.3 Å². The van der Waals surface area contributed by atoms with E-state index in [2.05, 4.69) is 25.4 Å².